The Kier molecular flexibility index (Phi) is 7.55. The fourth-order valence-corrected chi connectivity index (χ4v) is 3.95. The minimum atomic E-state index is -0.629. The molecule has 1 heterocycles. The number of methoxy groups -OCH3 is 2. The number of benzene rings is 3. The molecule has 9 nitrogen and oxygen atoms in total. The van der Waals surface area contributed by atoms with E-state index in [0.29, 0.717) is 39.2 Å². The molecule has 4 rings (SSSR count). The first-order chi connectivity index (χ1) is 17.8. The maximum absolute atomic E-state index is 13.1. The molecule has 4 N–H and O–H groups in total. The predicted octanol–water partition coefficient (Wildman–Crippen LogP) is 3.57. The second kappa shape index (κ2) is 11.0. The van der Waals surface area contributed by atoms with Crippen LogP contribution in [0.2, 0.25) is 0 Å². The van der Waals surface area contributed by atoms with Gasteiger partial charge in [0.05, 0.1) is 32.4 Å². The number of anilines is 1. The molecule has 1 atom stereocenters. The lowest BCUT2D eigenvalue weighted by atomic mass is 10.1. The van der Waals surface area contributed by atoms with Crippen LogP contribution in [0, 0.1) is 6.92 Å². The van der Waals surface area contributed by atoms with E-state index in [1.165, 1.54) is 26.4 Å². The average Bonchev–Trinajstić information content (AvgIpc) is 2.91. The van der Waals surface area contributed by atoms with E-state index in [-0.39, 0.29) is 12.2 Å². The van der Waals surface area contributed by atoms with E-state index in [0.717, 1.165) is 5.56 Å². The predicted molar refractivity (Wildman–Crippen MR) is 141 cm³/mol. The van der Waals surface area contributed by atoms with Crippen molar-refractivity contribution in [3.63, 3.8) is 0 Å². The quantitative estimate of drug-likeness (QED) is 0.292. The molecule has 0 aliphatic carbocycles. The summed E-state index contributed by atoms with van der Waals surface area (Å²) in [4.78, 5) is 41.4. The van der Waals surface area contributed by atoms with Crippen molar-refractivity contribution in [2.75, 3.05) is 26.1 Å². The number of amides is 2. The molecule has 0 aliphatic rings. The molecular formula is C28H27N3O6. The second-order valence-corrected chi connectivity index (χ2v) is 8.41. The number of aromatic amines is 1. The van der Waals surface area contributed by atoms with Crippen molar-refractivity contribution in [1.82, 2.24) is 10.3 Å². The molecule has 0 bridgehead atoms. The molecule has 9 heteroatoms. The molecule has 0 radical (unpaired) electrons. The molecule has 4 aromatic rings. The number of aliphatic hydroxyl groups is 1. The molecule has 0 aliphatic heterocycles. The fourth-order valence-electron chi connectivity index (χ4n) is 3.95. The van der Waals surface area contributed by atoms with Gasteiger partial charge >= 0.3 is 0 Å². The van der Waals surface area contributed by atoms with E-state index in [1.54, 1.807) is 31.2 Å². The van der Waals surface area contributed by atoms with Gasteiger partial charge in [0.25, 0.3) is 17.4 Å². The van der Waals surface area contributed by atoms with Crippen molar-refractivity contribution < 1.29 is 24.2 Å². The Morgan fingerprint density at radius 3 is 2.32 bits per heavy atom. The highest BCUT2D eigenvalue weighted by molar-refractivity contribution is 6.07. The SMILES string of the molecule is COc1cc2cc(C(=O)Nc3cc(C(=O)N[C@H](CO)c4ccccc4)ccc3C)c(=O)[nH]c2cc1OC. The number of rotatable bonds is 8. The number of pyridine rings is 1. The summed E-state index contributed by atoms with van der Waals surface area (Å²) >= 11 is 0. The Bertz CT molecular complexity index is 1510. The van der Waals surface area contributed by atoms with Crippen molar-refractivity contribution in [2.24, 2.45) is 0 Å². The van der Waals surface area contributed by atoms with Crippen LogP contribution in [0.5, 0.6) is 11.5 Å². The van der Waals surface area contributed by atoms with Gasteiger partial charge in [-0.2, -0.15) is 0 Å². The van der Waals surface area contributed by atoms with Crippen molar-refractivity contribution in [1.29, 1.82) is 0 Å². The number of ether oxygens (including phenoxy) is 2. The van der Waals surface area contributed by atoms with Gasteiger partial charge in [0, 0.05) is 22.7 Å². The van der Waals surface area contributed by atoms with Crippen LogP contribution in [-0.4, -0.2) is 42.7 Å². The maximum Gasteiger partial charge on any atom is 0.261 e. The molecule has 0 unspecified atom stereocenters. The Hall–Kier alpha value is -4.63. The van der Waals surface area contributed by atoms with E-state index in [1.807, 2.05) is 30.3 Å². The number of H-pyrrole nitrogens is 1. The summed E-state index contributed by atoms with van der Waals surface area (Å²) in [5.74, 6) is -0.136. The van der Waals surface area contributed by atoms with E-state index in [2.05, 4.69) is 15.6 Å². The molecule has 37 heavy (non-hydrogen) atoms. The number of carbonyl (C=O) groups is 2. The van der Waals surface area contributed by atoms with Crippen LogP contribution in [0.25, 0.3) is 10.9 Å². The summed E-state index contributed by atoms with van der Waals surface area (Å²) in [6, 6.07) is 18.2. The van der Waals surface area contributed by atoms with Gasteiger partial charge in [-0.3, -0.25) is 14.4 Å². The zero-order chi connectivity index (χ0) is 26.5. The van der Waals surface area contributed by atoms with Gasteiger partial charge in [-0.05, 0) is 42.3 Å². The van der Waals surface area contributed by atoms with Gasteiger partial charge in [-0.1, -0.05) is 36.4 Å². The number of fused-ring (bicyclic) bond motifs is 1. The Morgan fingerprint density at radius 1 is 0.946 bits per heavy atom. The molecule has 3 aromatic carbocycles. The first-order valence-corrected chi connectivity index (χ1v) is 11.5. The van der Waals surface area contributed by atoms with Gasteiger partial charge in [-0.25, -0.2) is 0 Å². The van der Waals surface area contributed by atoms with Crippen LogP contribution >= 0.6 is 0 Å². The number of hydrogen-bond acceptors (Lipinski definition) is 6. The first-order valence-electron chi connectivity index (χ1n) is 11.5. The topological polar surface area (TPSA) is 130 Å². The van der Waals surface area contributed by atoms with Crippen LogP contribution in [0.3, 0.4) is 0 Å². The highest BCUT2D eigenvalue weighted by Crippen LogP contribution is 2.31. The number of aromatic nitrogens is 1. The molecule has 0 saturated heterocycles. The molecule has 0 spiro atoms. The zero-order valence-electron chi connectivity index (χ0n) is 20.6. The highest BCUT2D eigenvalue weighted by Gasteiger charge is 2.18. The standard InChI is InChI=1S/C28H27N3O6/c1-16-9-10-18(26(33)31-23(15-32)17-7-5-4-6-8-17)12-21(16)29-27(34)20-11-19-13-24(36-2)25(37-3)14-22(19)30-28(20)35/h4-14,23,32H,15H2,1-3H3,(H,29,34)(H,30,35)(H,31,33)/t23-/m1/s1. The summed E-state index contributed by atoms with van der Waals surface area (Å²) in [7, 11) is 2.99. The molecule has 2 amide bonds. The number of aliphatic hydroxyl groups excluding tert-OH is 1. The smallest absolute Gasteiger partial charge is 0.261 e. The third-order valence-electron chi connectivity index (χ3n) is 6.03. The van der Waals surface area contributed by atoms with Crippen molar-refractivity contribution >= 4 is 28.4 Å². The number of hydrogen-bond donors (Lipinski definition) is 4. The zero-order valence-corrected chi connectivity index (χ0v) is 20.6. The van der Waals surface area contributed by atoms with Gasteiger partial charge in [0.1, 0.15) is 5.56 Å². The Morgan fingerprint density at radius 2 is 1.65 bits per heavy atom. The van der Waals surface area contributed by atoms with E-state index >= 15 is 0 Å². The second-order valence-electron chi connectivity index (χ2n) is 8.41. The van der Waals surface area contributed by atoms with Crippen LogP contribution in [0.1, 0.15) is 37.9 Å². The first kappa shape index (κ1) is 25.5. The third kappa shape index (κ3) is 5.46. The lowest BCUT2D eigenvalue weighted by molar-refractivity contribution is 0.0915. The van der Waals surface area contributed by atoms with Crippen LogP contribution in [-0.2, 0) is 0 Å². The lowest BCUT2D eigenvalue weighted by Gasteiger charge is -2.17. The summed E-state index contributed by atoms with van der Waals surface area (Å²) in [5.41, 5.74) is 1.96. The average molecular weight is 502 g/mol. The fraction of sp³-hybridized carbons (Fsp3) is 0.179. The van der Waals surface area contributed by atoms with E-state index in [4.69, 9.17) is 9.47 Å². The third-order valence-corrected chi connectivity index (χ3v) is 6.03. The van der Waals surface area contributed by atoms with Crippen LogP contribution in [0.15, 0.2) is 71.5 Å². The summed E-state index contributed by atoms with van der Waals surface area (Å²) < 4.78 is 10.6. The largest absolute Gasteiger partial charge is 0.493 e. The van der Waals surface area contributed by atoms with Gasteiger partial charge in [0.15, 0.2) is 11.5 Å². The van der Waals surface area contributed by atoms with Crippen LogP contribution < -0.4 is 25.7 Å². The summed E-state index contributed by atoms with van der Waals surface area (Å²) in [5, 5.41) is 15.9. The molecule has 190 valence electrons. The van der Waals surface area contributed by atoms with Gasteiger partial charge in [0.2, 0.25) is 0 Å². The van der Waals surface area contributed by atoms with Gasteiger partial charge < -0.3 is 30.2 Å². The van der Waals surface area contributed by atoms with Crippen molar-refractivity contribution in [3.05, 3.63) is 99.3 Å². The minimum Gasteiger partial charge on any atom is -0.493 e. The monoisotopic (exact) mass is 501 g/mol. The van der Waals surface area contributed by atoms with E-state index in [9.17, 15) is 19.5 Å². The van der Waals surface area contributed by atoms with Crippen LogP contribution in [0.4, 0.5) is 5.69 Å². The number of nitrogens with one attached hydrogen (secondary N) is 3. The van der Waals surface area contributed by atoms with Gasteiger partial charge in [-0.15, -0.1) is 0 Å². The Labute approximate surface area is 213 Å². The molecule has 0 fully saturated rings. The molecule has 0 saturated carbocycles. The van der Waals surface area contributed by atoms with Crippen molar-refractivity contribution in [3.8, 4) is 11.5 Å². The molecule has 1 aromatic heterocycles. The summed E-state index contributed by atoms with van der Waals surface area (Å²) in [6.45, 7) is 1.51. The Balaban J connectivity index is 1.59. The summed E-state index contributed by atoms with van der Waals surface area (Å²) in [6.07, 6.45) is 0. The van der Waals surface area contributed by atoms with E-state index < -0.39 is 23.4 Å². The number of carbonyl (C=O) groups excluding carboxylic acids is 2. The molecular weight excluding hydrogens is 474 g/mol. The normalized spacial score (nSPS) is 11.6. The lowest BCUT2D eigenvalue weighted by Crippen LogP contribution is -2.31. The van der Waals surface area contributed by atoms with Crippen molar-refractivity contribution in [2.45, 2.75) is 13.0 Å². The minimum absolute atomic E-state index is 0.0987. The maximum atomic E-state index is 13.1. The highest BCUT2D eigenvalue weighted by atomic mass is 16.5. The number of aryl methyl sites for hydroxylation is 1.